The predicted molar refractivity (Wildman–Crippen MR) is 114 cm³/mol. The maximum absolute atomic E-state index is 13.4. The molecule has 2 fully saturated rings. The number of rotatable bonds is 5. The lowest BCUT2D eigenvalue weighted by atomic mass is 9.87. The van der Waals surface area contributed by atoms with Gasteiger partial charge in [-0.1, -0.05) is 6.92 Å². The van der Waals surface area contributed by atoms with Crippen molar-refractivity contribution in [1.82, 2.24) is 15.1 Å². The van der Waals surface area contributed by atoms with Gasteiger partial charge in [-0.2, -0.15) is 0 Å². The quantitative estimate of drug-likeness (QED) is 0.775. The number of hydrogen-bond donors (Lipinski definition) is 1. The number of nitrogens with zero attached hydrogens (tertiary/aromatic N) is 2. The van der Waals surface area contributed by atoms with Crippen LogP contribution in [-0.2, 0) is 9.59 Å². The van der Waals surface area contributed by atoms with E-state index in [4.69, 9.17) is 9.47 Å². The number of benzene rings is 1. The van der Waals surface area contributed by atoms with E-state index in [1.54, 1.807) is 18.2 Å². The molecule has 0 bridgehead atoms. The Morgan fingerprint density at radius 1 is 1.00 bits per heavy atom. The molecule has 3 heterocycles. The number of carbonyl (C=O) groups excluding carboxylic acids is 3. The zero-order valence-corrected chi connectivity index (χ0v) is 18.1. The molecule has 8 nitrogen and oxygen atoms in total. The first-order valence-corrected chi connectivity index (χ1v) is 11.3. The van der Waals surface area contributed by atoms with Crippen LogP contribution < -0.4 is 14.8 Å². The number of amides is 3. The number of fused-ring (bicyclic) bond motifs is 1. The van der Waals surface area contributed by atoms with Gasteiger partial charge in [0, 0.05) is 38.2 Å². The van der Waals surface area contributed by atoms with Crippen molar-refractivity contribution in [3.05, 3.63) is 23.8 Å². The van der Waals surface area contributed by atoms with Crippen molar-refractivity contribution >= 4 is 17.7 Å². The monoisotopic (exact) mass is 429 g/mol. The highest BCUT2D eigenvalue weighted by Gasteiger charge is 2.36. The maximum atomic E-state index is 13.4. The Morgan fingerprint density at radius 3 is 2.42 bits per heavy atom. The molecule has 0 radical (unpaired) electrons. The second-order valence-electron chi connectivity index (χ2n) is 8.48. The molecule has 168 valence electrons. The van der Waals surface area contributed by atoms with Crippen LogP contribution in [0.4, 0.5) is 0 Å². The smallest absolute Gasteiger partial charge is 0.252 e. The van der Waals surface area contributed by atoms with Crippen molar-refractivity contribution in [2.45, 2.75) is 51.5 Å². The Balaban J connectivity index is 1.49. The number of hydrogen-bond acceptors (Lipinski definition) is 5. The minimum Gasteiger partial charge on any atom is -0.454 e. The molecule has 3 amide bonds. The van der Waals surface area contributed by atoms with Crippen LogP contribution >= 0.6 is 0 Å². The largest absolute Gasteiger partial charge is 0.454 e. The van der Waals surface area contributed by atoms with Gasteiger partial charge in [0.2, 0.25) is 18.6 Å². The first-order valence-electron chi connectivity index (χ1n) is 11.3. The van der Waals surface area contributed by atoms with Crippen LogP contribution in [0.3, 0.4) is 0 Å². The van der Waals surface area contributed by atoms with E-state index in [0.717, 1.165) is 32.4 Å². The summed E-state index contributed by atoms with van der Waals surface area (Å²) in [5, 5.41) is 3.02. The zero-order valence-electron chi connectivity index (χ0n) is 18.1. The molecular formula is C23H31N3O5. The molecule has 8 heteroatoms. The Labute approximate surface area is 182 Å². The molecule has 0 unspecified atom stereocenters. The molecule has 0 aliphatic carbocycles. The molecule has 3 aliphatic rings. The molecule has 3 aliphatic heterocycles. The summed E-state index contributed by atoms with van der Waals surface area (Å²) in [5.41, 5.74) is 0.444. The predicted octanol–water partition coefficient (Wildman–Crippen LogP) is 2.17. The normalized spacial score (nSPS) is 19.8. The standard InChI is InChI=1S/C23H31N3O5/c1-2-20(27)25-12-8-16(9-13-25)21(23(29)26-10-4-3-5-11-26)24-22(28)17-6-7-18-19(14-17)31-15-30-18/h6-7,14,16,21H,2-5,8-13,15H2,1H3,(H,24,28)/t21-/m0/s1. The highest BCUT2D eigenvalue weighted by atomic mass is 16.7. The number of carbonyl (C=O) groups is 3. The van der Waals surface area contributed by atoms with Crippen molar-refractivity contribution in [3.8, 4) is 11.5 Å². The van der Waals surface area contributed by atoms with Crippen LogP contribution in [0.5, 0.6) is 11.5 Å². The highest BCUT2D eigenvalue weighted by molar-refractivity contribution is 5.98. The van der Waals surface area contributed by atoms with E-state index in [9.17, 15) is 14.4 Å². The molecule has 31 heavy (non-hydrogen) atoms. The molecule has 1 N–H and O–H groups in total. The van der Waals surface area contributed by atoms with Crippen molar-refractivity contribution in [2.24, 2.45) is 5.92 Å². The molecule has 1 aromatic carbocycles. The van der Waals surface area contributed by atoms with Crippen LogP contribution in [0.15, 0.2) is 18.2 Å². The second kappa shape index (κ2) is 9.58. The number of ether oxygens (including phenoxy) is 2. The van der Waals surface area contributed by atoms with E-state index >= 15 is 0 Å². The van der Waals surface area contributed by atoms with Crippen LogP contribution in [0.1, 0.15) is 55.8 Å². The summed E-state index contributed by atoms with van der Waals surface area (Å²) in [6.07, 6.45) is 5.03. The Morgan fingerprint density at radius 2 is 1.71 bits per heavy atom. The second-order valence-corrected chi connectivity index (χ2v) is 8.48. The third-order valence-electron chi connectivity index (χ3n) is 6.52. The number of piperidine rings is 2. The summed E-state index contributed by atoms with van der Waals surface area (Å²) >= 11 is 0. The van der Waals surface area contributed by atoms with E-state index in [-0.39, 0.29) is 30.4 Å². The van der Waals surface area contributed by atoms with Gasteiger partial charge < -0.3 is 24.6 Å². The summed E-state index contributed by atoms with van der Waals surface area (Å²) in [5.74, 6) is 1.01. The molecule has 0 aromatic heterocycles. The minimum atomic E-state index is -0.588. The third-order valence-corrected chi connectivity index (χ3v) is 6.52. The molecule has 1 atom stereocenters. The van der Waals surface area contributed by atoms with E-state index in [0.29, 0.717) is 49.4 Å². The Hall–Kier alpha value is -2.77. The van der Waals surface area contributed by atoms with Crippen LogP contribution in [0, 0.1) is 5.92 Å². The summed E-state index contributed by atoms with van der Waals surface area (Å²) in [6, 6.07) is 4.47. The van der Waals surface area contributed by atoms with Gasteiger partial charge in [-0.05, 0) is 56.2 Å². The van der Waals surface area contributed by atoms with E-state index in [2.05, 4.69) is 5.32 Å². The van der Waals surface area contributed by atoms with Gasteiger partial charge in [-0.25, -0.2) is 0 Å². The average molecular weight is 430 g/mol. The lowest BCUT2D eigenvalue weighted by Crippen LogP contribution is -2.55. The minimum absolute atomic E-state index is 0.00550. The highest BCUT2D eigenvalue weighted by Crippen LogP contribution is 2.32. The van der Waals surface area contributed by atoms with Crippen molar-refractivity contribution in [2.75, 3.05) is 33.0 Å². The van der Waals surface area contributed by atoms with Crippen LogP contribution in [0.25, 0.3) is 0 Å². The van der Waals surface area contributed by atoms with Gasteiger partial charge in [-0.3, -0.25) is 14.4 Å². The van der Waals surface area contributed by atoms with Gasteiger partial charge in [0.05, 0.1) is 0 Å². The molecule has 0 spiro atoms. The van der Waals surface area contributed by atoms with Gasteiger partial charge in [0.25, 0.3) is 5.91 Å². The Kier molecular flexibility index (Phi) is 6.63. The fourth-order valence-electron chi connectivity index (χ4n) is 4.66. The van der Waals surface area contributed by atoms with Gasteiger partial charge in [0.1, 0.15) is 6.04 Å². The summed E-state index contributed by atoms with van der Waals surface area (Å²) in [7, 11) is 0. The summed E-state index contributed by atoms with van der Waals surface area (Å²) < 4.78 is 10.7. The van der Waals surface area contributed by atoms with Gasteiger partial charge >= 0.3 is 0 Å². The van der Waals surface area contributed by atoms with Crippen molar-refractivity contribution < 1.29 is 23.9 Å². The third kappa shape index (κ3) is 4.78. The van der Waals surface area contributed by atoms with Crippen LogP contribution in [-0.4, -0.2) is 66.5 Å². The van der Waals surface area contributed by atoms with E-state index < -0.39 is 6.04 Å². The molecule has 1 aromatic rings. The lowest BCUT2D eigenvalue weighted by Gasteiger charge is -2.38. The molecular weight excluding hydrogens is 398 g/mol. The fourth-order valence-corrected chi connectivity index (χ4v) is 4.66. The summed E-state index contributed by atoms with van der Waals surface area (Å²) in [6.45, 7) is 4.74. The molecule has 4 rings (SSSR count). The van der Waals surface area contributed by atoms with Gasteiger partial charge in [-0.15, -0.1) is 0 Å². The van der Waals surface area contributed by atoms with E-state index in [1.807, 2.05) is 16.7 Å². The summed E-state index contributed by atoms with van der Waals surface area (Å²) in [4.78, 5) is 42.3. The SMILES string of the molecule is CCC(=O)N1CCC([C@H](NC(=O)c2ccc3c(c2)OCO3)C(=O)N2CCCCC2)CC1. The number of nitrogens with one attached hydrogen (secondary N) is 1. The van der Waals surface area contributed by atoms with Crippen molar-refractivity contribution in [1.29, 1.82) is 0 Å². The molecule has 0 saturated carbocycles. The van der Waals surface area contributed by atoms with Gasteiger partial charge in [0.15, 0.2) is 11.5 Å². The number of likely N-dealkylation sites (tertiary alicyclic amines) is 2. The first-order chi connectivity index (χ1) is 15.1. The maximum Gasteiger partial charge on any atom is 0.252 e. The topological polar surface area (TPSA) is 88.2 Å². The Bertz CT molecular complexity index is 829. The van der Waals surface area contributed by atoms with Crippen LogP contribution in [0.2, 0.25) is 0 Å². The first kappa shape index (κ1) is 21.5. The van der Waals surface area contributed by atoms with E-state index in [1.165, 1.54) is 0 Å². The average Bonchev–Trinajstić information content (AvgIpc) is 3.30. The zero-order chi connectivity index (χ0) is 21.8. The van der Waals surface area contributed by atoms with Crippen molar-refractivity contribution in [3.63, 3.8) is 0 Å². The lowest BCUT2D eigenvalue weighted by molar-refractivity contribution is -0.136. The fraction of sp³-hybridized carbons (Fsp3) is 0.609. The molecule has 2 saturated heterocycles.